The maximum atomic E-state index is 13.1. The van der Waals surface area contributed by atoms with Gasteiger partial charge in [0.25, 0.3) is 5.92 Å². The van der Waals surface area contributed by atoms with Crippen molar-refractivity contribution in [2.24, 2.45) is 5.73 Å². The average Bonchev–Trinajstić information content (AvgIpc) is 2.02. The summed E-state index contributed by atoms with van der Waals surface area (Å²) in [5.41, 5.74) is 4.79. The molecule has 0 aromatic heterocycles. The van der Waals surface area contributed by atoms with E-state index in [1.807, 2.05) is 27.7 Å². The Labute approximate surface area is 85.5 Å². The van der Waals surface area contributed by atoms with Crippen LogP contribution in [-0.4, -0.2) is 36.0 Å². The maximum absolute atomic E-state index is 13.1. The zero-order chi connectivity index (χ0) is 11.4. The lowest BCUT2D eigenvalue weighted by molar-refractivity contribution is -0.0459. The minimum Gasteiger partial charge on any atom is -0.325 e. The highest BCUT2D eigenvalue weighted by Crippen LogP contribution is 2.20. The highest BCUT2D eigenvalue weighted by atomic mass is 19.3. The van der Waals surface area contributed by atoms with E-state index in [0.29, 0.717) is 6.54 Å². The number of nitrogens with zero attached hydrogens (tertiary/aromatic N) is 1. The average molecular weight is 208 g/mol. The zero-order valence-corrected chi connectivity index (χ0v) is 9.61. The Bertz CT molecular complexity index is 161. The van der Waals surface area contributed by atoms with Crippen LogP contribution in [0, 0.1) is 0 Å². The molecular formula is C10H22F2N2. The monoisotopic (exact) mass is 208 g/mol. The van der Waals surface area contributed by atoms with Crippen molar-refractivity contribution in [3.8, 4) is 0 Å². The van der Waals surface area contributed by atoms with Crippen LogP contribution in [0.3, 0.4) is 0 Å². The van der Waals surface area contributed by atoms with Gasteiger partial charge in [0.2, 0.25) is 0 Å². The lowest BCUT2D eigenvalue weighted by Gasteiger charge is -2.37. The smallest absolute Gasteiger partial charge is 0.272 e. The molecule has 14 heavy (non-hydrogen) atoms. The van der Waals surface area contributed by atoms with E-state index in [1.165, 1.54) is 0 Å². The topological polar surface area (TPSA) is 29.3 Å². The van der Waals surface area contributed by atoms with E-state index in [0.717, 1.165) is 6.42 Å². The first-order chi connectivity index (χ1) is 6.23. The van der Waals surface area contributed by atoms with Gasteiger partial charge in [-0.2, -0.15) is 0 Å². The van der Waals surface area contributed by atoms with E-state index in [-0.39, 0.29) is 12.1 Å². The van der Waals surface area contributed by atoms with Crippen LogP contribution in [-0.2, 0) is 0 Å². The van der Waals surface area contributed by atoms with Gasteiger partial charge in [0.05, 0.1) is 13.1 Å². The van der Waals surface area contributed by atoms with Gasteiger partial charge in [-0.15, -0.1) is 0 Å². The second-order valence-electron chi connectivity index (χ2n) is 4.65. The van der Waals surface area contributed by atoms with Crippen LogP contribution in [0.25, 0.3) is 0 Å². The fraction of sp³-hybridized carbons (Fsp3) is 1.00. The first kappa shape index (κ1) is 13.8. The Morgan fingerprint density at radius 2 is 1.71 bits per heavy atom. The van der Waals surface area contributed by atoms with Gasteiger partial charge >= 0.3 is 0 Å². The van der Waals surface area contributed by atoms with Crippen molar-refractivity contribution in [3.05, 3.63) is 0 Å². The molecule has 0 saturated carbocycles. The normalized spacial score (nSPS) is 13.7. The minimum atomic E-state index is -2.78. The van der Waals surface area contributed by atoms with Gasteiger partial charge < -0.3 is 5.73 Å². The van der Waals surface area contributed by atoms with Gasteiger partial charge in [-0.05, 0) is 33.7 Å². The van der Waals surface area contributed by atoms with Crippen LogP contribution in [0.1, 0.15) is 34.1 Å². The number of hydrogen-bond donors (Lipinski definition) is 1. The summed E-state index contributed by atoms with van der Waals surface area (Å²) < 4.78 is 26.2. The molecule has 0 bridgehead atoms. The van der Waals surface area contributed by atoms with E-state index in [9.17, 15) is 8.78 Å². The Morgan fingerprint density at radius 3 is 2.00 bits per heavy atom. The molecule has 2 nitrogen and oxygen atoms in total. The molecule has 0 aliphatic rings. The molecule has 0 aliphatic carbocycles. The summed E-state index contributed by atoms with van der Waals surface area (Å²) in [6.07, 6.45) is 0.873. The van der Waals surface area contributed by atoms with Crippen molar-refractivity contribution < 1.29 is 8.78 Å². The summed E-state index contributed by atoms with van der Waals surface area (Å²) in [5.74, 6) is -2.78. The van der Waals surface area contributed by atoms with Gasteiger partial charge in [0.15, 0.2) is 0 Å². The second kappa shape index (κ2) is 5.03. The molecule has 0 unspecified atom stereocenters. The summed E-state index contributed by atoms with van der Waals surface area (Å²) in [5, 5.41) is 0. The van der Waals surface area contributed by atoms with Crippen LogP contribution in [0.2, 0.25) is 0 Å². The quantitative estimate of drug-likeness (QED) is 0.749. The number of rotatable bonds is 5. The lowest BCUT2D eigenvalue weighted by Crippen LogP contribution is -2.50. The predicted molar refractivity (Wildman–Crippen MR) is 55.6 cm³/mol. The first-order valence-electron chi connectivity index (χ1n) is 5.06. The van der Waals surface area contributed by atoms with Gasteiger partial charge in [-0.25, -0.2) is 8.78 Å². The van der Waals surface area contributed by atoms with E-state index in [1.54, 1.807) is 4.90 Å². The lowest BCUT2D eigenvalue weighted by atomic mass is 10.0. The highest BCUT2D eigenvalue weighted by Gasteiger charge is 2.33. The standard InChI is InChI=1S/C10H22F2N2/c1-5-6-14(9(2,3)4)8-10(11,12)7-13/h5-8,13H2,1-4H3. The first-order valence-corrected chi connectivity index (χ1v) is 5.06. The largest absolute Gasteiger partial charge is 0.325 e. The van der Waals surface area contributed by atoms with Gasteiger partial charge in [-0.1, -0.05) is 6.92 Å². The molecular weight excluding hydrogens is 186 g/mol. The van der Waals surface area contributed by atoms with Crippen LogP contribution < -0.4 is 5.73 Å². The van der Waals surface area contributed by atoms with E-state index in [2.05, 4.69) is 0 Å². The molecule has 2 N–H and O–H groups in total. The fourth-order valence-corrected chi connectivity index (χ4v) is 1.27. The third-order valence-corrected chi connectivity index (χ3v) is 2.16. The molecule has 0 aromatic carbocycles. The summed E-state index contributed by atoms with van der Waals surface area (Å²) >= 11 is 0. The number of hydrogen-bond acceptors (Lipinski definition) is 2. The predicted octanol–water partition coefficient (Wildman–Crippen LogP) is 2.09. The number of nitrogens with two attached hydrogens (primary N) is 1. The second-order valence-corrected chi connectivity index (χ2v) is 4.65. The molecule has 86 valence electrons. The Hall–Kier alpha value is -0.220. The Balaban J connectivity index is 4.38. The summed E-state index contributed by atoms with van der Waals surface area (Å²) in [6, 6.07) is 0. The number of alkyl halides is 2. The maximum Gasteiger partial charge on any atom is 0.272 e. The third kappa shape index (κ3) is 4.86. The molecule has 0 amide bonds. The van der Waals surface area contributed by atoms with Gasteiger partial charge in [-0.3, -0.25) is 4.90 Å². The van der Waals surface area contributed by atoms with E-state index < -0.39 is 12.5 Å². The molecule has 0 saturated heterocycles. The fourth-order valence-electron chi connectivity index (χ4n) is 1.27. The van der Waals surface area contributed by atoms with Crippen LogP contribution in [0.15, 0.2) is 0 Å². The molecule has 0 rings (SSSR count). The van der Waals surface area contributed by atoms with Crippen molar-refractivity contribution in [2.45, 2.75) is 45.6 Å². The highest BCUT2D eigenvalue weighted by molar-refractivity contribution is 4.81. The SMILES string of the molecule is CCCN(CC(F)(F)CN)C(C)(C)C. The summed E-state index contributed by atoms with van der Waals surface area (Å²) in [4.78, 5) is 1.78. The molecule has 0 fully saturated rings. The summed E-state index contributed by atoms with van der Waals surface area (Å²) in [6.45, 7) is 7.66. The summed E-state index contributed by atoms with van der Waals surface area (Å²) in [7, 11) is 0. The van der Waals surface area contributed by atoms with Crippen molar-refractivity contribution >= 4 is 0 Å². The molecule has 4 heteroatoms. The number of halogens is 2. The van der Waals surface area contributed by atoms with Gasteiger partial charge in [0.1, 0.15) is 0 Å². The third-order valence-electron chi connectivity index (χ3n) is 2.16. The van der Waals surface area contributed by atoms with Gasteiger partial charge in [0, 0.05) is 5.54 Å². The molecule has 0 spiro atoms. The van der Waals surface area contributed by atoms with Crippen molar-refractivity contribution in [2.75, 3.05) is 19.6 Å². The molecule has 0 radical (unpaired) electrons. The Morgan fingerprint density at radius 1 is 1.21 bits per heavy atom. The molecule has 0 atom stereocenters. The zero-order valence-electron chi connectivity index (χ0n) is 9.61. The van der Waals surface area contributed by atoms with E-state index in [4.69, 9.17) is 5.73 Å². The minimum absolute atomic E-state index is 0.228. The van der Waals surface area contributed by atoms with Crippen molar-refractivity contribution in [1.29, 1.82) is 0 Å². The molecule has 0 heterocycles. The van der Waals surface area contributed by atoms with E-state index >= 15 is 0 Å². The van der Waals surface area contributed by atoms with Crippen LogP contribution in [0.4, 0.5) is 8.78 Å². The van der Waals surface area contributed by atoms with Crippen molar-refractivity contribution in [1.82, 2.24) is 4.90 Å². The van der Waals surface area contributed by atoms with Crippen LogP contribution in [0.5, 0.6) is 0 Å². The van der Waals surface area contributed by atoms with Crippen LogP contribution >= 0.6 is 0 Å². The Kier molecular flexibility index (Phi) is 4.95. The van der Waals surface area contributed by atoms with Crippen molar-refractivity contribution in [3.63, 3.8) is 0 Å². The molecule has 0 aromatic rings. The molecule has 0 aliphatic heterocycles.